The van der Waals surface area contributed by atoms with Crippen molar-refractivity contribution in [1.29, 1.82) is 0 Å². The smallest absolute Gasteiger partial charge is 0.267 e. The summed E-state index contributed by atoms with van der Waals surface area (Å²) in [4.78, 5) is 15.5. The van der Waals surface area contributed by atoms with Gasteiger partial charge in [0.25, 0.3) is 5.91 Å². The average Bonchev–Trinajstić information content (AvgIpc) is 2.67. The van der Waals surface area contributed by atoms with E-state index in [1.54, 1.807) is 0 Å². The van der Waals surface area contributed by atoms with E-state index < -0.39 is 0 Å². The summed E-state index contributed by atoms with van der Waals surface area (Å²) in [6.45, 7) is 0. The van der Waals surface area contributed by atoms with Gasteiger partial charge in [0.1, 0.15) is 10.3 Å². The maximum absolute atomic E-state index is 11.7. The number of halogens is 2. The molecule has 0 atom stereocenters. The lowest BCUT2D eigenvalue weighted by Gasteiger charge is -2.00. The van der Waals surface area contributed by atoms with Gasteiger partial charge >= 0.3 is 0 Å². The van der Waals surface area contributed by atoms with Crippen LogP contribution in [0.15, 0.2) is 24.5 Å². The summed E-state index contributed by atoms with van der Waals surface area (Å²) in [5.41, 5.74) is 0.311. The summed E-state index contributed by atoms with van der Waals surface area (Å²) in [6.07, 6.45) is 2.84. The first kappa shape index (κ1) is 10.1. The number of rotatable bonds is 1. The van der Waals surface area contributed by atoms with Gasteiger partial charge in [-0.15, -0.1) is 5.10 Å². The Morgan fingerprint density at radius 3 is 2.47 bits per heavy atom. The predicted octanol–water partition coefficient (Wildman–Crippen LogP) is 1.67. The molecule has 0 bridgehead atoms. The molecule has 0 saturated carbocycles. The van der Waals surface area contributed by atoms with Crippen LogP contribution in [0.4, 0.5) is 0 Å². The zero-order valence-electron chi connectivity index (χ0n) is 7.26. The molecule has 15 heavy (non-hydrogen) atoms. The first-order valence-corrected chi connectivity index (χ1v) is 4.66. The summed E-state index contributed by atoms with van der Waals surface area (Å²) in [7, 11) is 0. The van der Waals surface area contributed by atoms with E-state index in [-0.39, 0.29) is 16.2 Å². The molecular weight excluding hydrogens is 239 g/mol. The molecule has 0 aromatic carbocycles. The van der Waals surface area contributed by atoms with Gasteiger partial charge < -0.3 is 0 Å². The number of pyridine rings is 1. The Labute approximate surface area is 94.6 Å². The number of hydrogen-bond acceptors (Lipinski definition) is 4. The van der Waals surface area contributed by atoms with Crippen molar-refractivity contribution < 1.29 is 4.79 Å². The first-order valence-electron chi connectivity index (χ1n) is 3.91. The quantitative estimate of drug-likeness (QED) is 0.714. The lowest BCUT2D eigenvalue weighted by atomic mass is 10.2. The summed E-state index contributed by atoms with van der Waals surface area (Å²) in [5, 5.41) is 7.40. The molecule has 5 nitrogen and oxygen atoms in total. The van der Waals surface area contributed by atoms with Gasteiger partial charge in [0.05, 0.1) is 12.4 Å². The highest BCUT2D eigenvalue weighted by Crippen LogP contribution is 2.15. The lowest BCUT2D eigenvalue weighted by Crippen LogP contribution is -2.13. The first-order chi connectivity index (χ1) is 7.16. The van der Waals surface area contributed by atoms with Crippen molar-refractivity contribution in [1.82, 2.24) is 20.0 Å². The van der Waals surface area contributed by atoms with Crippen LogP contribution in [-0.4, -0.2) is 25.9 Å². The molecule has 0 spiro atoms. The Morgan fingerprint density at radius 2 is 1.93 bits per heavy atom. The van der Waals surface area contributed by atoms with Crippen LogP contribution < -0.4 is 0 Å². The van der Waals surface area contributed by atoms with Gasteiger partial charge in [0, 0.05) is 5.56 Å². The topological polar surface area (TPSA) is 60.7 Å². The van der Waals surface area contributed by atoms with Crippen LogP contribution in [0.25, 0.3) is 0 Å². The number of hydrogen-bond donors (Lipinski definition) is 0. The maximum atomic E-state index is 11.7. The molecule has 0 aliphatic carbocycles. The minimum atomic E-state index is -0.362. The van der Waals surface area contributed by atoms with E-state index in [2.05, 4.69) is 15.3 Å². The van der Waals surface area contributed by atoms with E-state index in [4.69, 9.17) is 23.2 Å². The lowest BCUT2D eigenvalue weighted by molar-refractivity contribution is 0.0942. The molecule has 2 rings (SSSR count). The van der Waals surface area contributed by atoms with Gasteiger partial charge in [-0.25, -0.2) is 4.98 Å². The van der Waals surface area contributed by atoms with Crippen LogP contribution in [0.2, 0.25) is 10.3 Å². The third-order valence-corrected chi connectivity index (χ3v) is 2.03. The molecule has 0 unspecified atom stereocenters. The van der Waals surface area contributed by atoms with E-state index in [1.807, 2.05) is 0 Å². The second kappa shape index (κ2) is 3.96. The van der Waals surface area contributed by atoms with E-state index >= 15 is 0 Å². The molecule has 2 heterocycles. The maximum Gasteiger partial charge on any atom is 0.279 e. The minimum absolute atomic E-state index is 0.158. The Kier molecular flexibility index (Phi) is 2.66. The minimum Gasteiger partial charge on any atom is -0.267 e. The SMILES string of the molecule is O=C(c1cc(Cl)nc(Cl)c1)n1ccnn1. The molecule has 0 aliphatic rings. The molecular formula is C8H4Cl2N4O. The Hall–Kier alpha value is -1.46. The van der Waals surface area contributed by atoms with Gasteiger partial charge in [-0.2, -0.15) is 4.68 Å². The third-order valence-electron chi connectivity index (χ3n) is 1.64. The Bertz CT molecular complexity index is 477. The largest absolute Gasteiger partial charge is 0.279 e. The molecule has 0 radical (unpaired) electrons. The highest BCUT2D eigenvalue weighted by molar-refractivity contribution is 6.33. The Balaban J connectivity index is 2.42. The fourth-order valence-corrected chi connectivity index (χ4v) is 1.50. The second-order valence-electron chi connectivity index (χ2n) is 2.65. The highest BCUT2D eigenvalue weighted by Gasteiger charge is 2.11. The summed E-state index contributed by atoms with van der Waals surface area (Å²) in [6, 6.07) is 2.83. The zero-order chi connectivity index (χ0) is 10.8. The second-order valence-corrected chi connectivity index (χ2v) is 3.43. The van der Waals surface area contributed by atoms with Crippen LogP contribution in [-0.2, 0) is 0 Å². The molecule has 0 aliphatic heterocycles. The van der Waals surface area contributed by atoms with Crippen molar-refractivity contribution >= 4 is 29.1 Å². The molecule has 76 valence electrons. The molecule has 0 fully saturated rings. The number of nitrogens with zero attached hydrogens (tertiary/aromatic N) is 4. The average molecular weight is 243 g/mol. The molecule has 7 heteroatoms. The molecule has 0 saturated heterocycles. The molecule has 0 N–H and O–H groups in total. The van der Waals surface area contributed by atoms with Gasteiger partial charge in [-0.3, -0.25) is 4.79 Å². The van der Waals surface area contributed by atoms with Gasteiger partial charge in [0.2, 0.25) is 0 Å². The van der Waals surface area contributed by atoms with Gasteiger partial charge in [-0.05, 0) is 12.1 Å². The molecule has 0 amide bonds. The van der Waals surface area contributed by atoms with Crippen molar-refractivity contribution in [2.45, 2.75) is 0 Å². The van der Waals surface area contributed by atoms with Crippen molar-refractivity contribution in [2.75, 3.05) is 0 Å². The van der Waals surface area contributed by atoms with Crippen molar-refractivity contribution in [3.8, 4) is 0 Å². The van der Waals surface area contributed by atoms with Crippen molar-refractivity contribution in [3.05, 3.63) is 40.4 Å². The monoisotopic (exact) mass is 242 g/mol. The normalized spacial score (nSPS) is 10.3. The summed E-state index contributed by atoms with van der Waals surface area (Å²) < 4.78 is 1.09. The van der Waals surface area contributed by atoms with Crippen LogP contribution in [0.5, 0.6) is 0 Å². The van der Waals surface area contributed by atoms with Gasteiger partial charge in [0.15, 0.2) is 0 Å². The number of carbonyl (C=O) groups excluding carboxylic acids is 1. The van der Waals surface area contributed by atoms with Gasteiger partial charge in [-0.1, -0.05) is 28.4 Å². The van der Waals surface area contributed by atoms with Crippen molar-refractivity contribution in [3.63, 3.8) is 0 Å². The Morgan fingerprint density at radius 1 is 1.27 bits per heavy atom. The zero-order valence-corrected chi connectivity index (χ0v) is 8.77. The summed E-state index contributed by atoms with van der Waals surface area (Å²) >= 11 is 11.3. The standard InChI is InChI=1S/C8H4Cl2N4O/c9-6-3-5(4-7(10)12-6)8(15)14-2-1-11-13-14/h1-4H. The molecule has 2 aromatic rings. The fraction of sp³-hybridized carbons (Fsp3) is 0. The number of carbonyl (C=O) groups is 1. The van der Waals surface area contributed by atoms with E-state index in [1.165, 1.54) is 24.5 Å². The predicted molar refractivity (Wildman–Crippen MR) is 54.0 cm³/mol. The highest BCUT2D eigenvalue weighted by atomic mass is 35.5. The third kappa shape index (κ3) is 2.14. The van der Waals surface area contributed by atoms with E-state index in [0.29, 0.717) is 5.56 Å². The van der Waals surface area contributed by atoms with Crippen LogP contribution in [0.3, 0.4) is 0 Å². The van der Waals surface area contributed by atoms with Crippen molar-refractivity contribution in [2.24, 2.45) is 0 Å². The fourth-order valence-electron chi connectivity index (χ4n) is 1.04. The van der Waals surface area contributed by atoms with E-state index in [0.717, 1.165) is 4.68 Å². The summed E-state index contributed by atoms with van der Waals surface area (Å²) in [5.74, 6) is -0.362. The van der Waals surface area contributed by atoms with Crippen LogP contribution in [0, 0.1) is 0 Å². The van der Waals surface area contributed by atoms with Crippen LogP contribution >= 0.6 is 23.2 Å². The van der Waals surface area contributed by atoms with Crippen LogP contribution in [0.1, 0.15) is 10.4 Å². The number of aromatic nitrogens is 4. The van der Waals surface area contributed by atoms with E-state index in [9.17, 15) is 4.79 Å². The molecule has 2 aromatic heterocycles.